The van der Waals surface area contributed by atoms with E-state index in [0.717, 1.165) is 16.6 Å². The van der Waals surface area contributed by atoms with Crippen molar-refractivity contribution in [3.8, 4) is 0 Å². The molecular formula is C13H15BrN2O3. The second-order valence-electron chi connectivity index (χ2n) is 4.55. The van der Waals surface area contributed by atoms with Crippen molar-refractivity contribution in [3.05, 3.63) is 33.8 Å². The lowest BCUT2D eigenvalue weighted by Crippen LogP contribution is -2.53. The maximum atomic E-state index is 11.6. The van der Waals surface area contributed by atoms with Crippen molar-refractivity contribution in [3.63, 3.8) is 0 Å². The number of hydrogen-bond donors (Lipinski definition) is 2. The van der Waals surface area contributed by atoms with Gasteiger partial charge in [-0.05, 0) is 24.6 Å². The third-order valence-electron chi connectivity index (χ3n) is 3.30. The predicted octanol–water partition coefficient (Wildman–Crippen LogP) is 1.47. The van der Waals surface area contributed by atoms with Crippen LogP contribution in [0.5, 0.6) is 0 Å². The van der Waals surface area contributed by atoms with Crippen LogP contribution in [-0.2, 0) is 11.3 Å². The molecule has 1 unspecified atom stereocenters. The van der Waals surface area contributed by atoms with E-state index in [1.807, 2.05) is 6.92 Å². The zero-order valence-electron chi connectivity index (χ0n) is 10.5. The Morgan fingerprint density at radius 3 is 2.95 bits per heavy atom. The number of carboxylic acid groups (broad SMARTS) is 1. The van der Waals surface area contributed by atoms with Crippen molar-refractivity contribution in [1.29, 1.82) is 0 Å². The molecule has 5 nitrogen and oxygen atoms in total. The van der Waals surface area contributed by atoms with Crippen LogP contribution < -0.4 is 5.32 Å². The van der Waals surface area contributed by atoms with Gasteiger partial charge in [-0.25, -0.2) is 4.79 Å². The van der Waals surface area contributed by atoms with Crippen LogP contribution in [0, 0.1) is 0 Å². The Morgan fingerprint density at radius 1 is 1.58 bits per heavy atom. The van der Waals surface area contributed by atoms with E-state index in [0.29, 0.717) is 13.1 Å². The zero-order valence-corrected chi connectivity index (χ0v) is 12.1. The van der Waals surface area contributed by atoms with E-state index in [4.69, 9.17) is 5.11 Å². The van der Waals surface area contributed by atoms with Crippen LogP contribution in [0.15, 0.2) is 22.7 Å². The number of carboxylic acids is 1. The van der Waals surface area contributed by atoms with Crippen molar-refractivity contribution in [2.45, 2.75) is 19.5 Å². The number of aromatic carboxylic acids is 1. The summed E-state index contributed by atoms with van der Waals surface area (Å²) in [4.78, 5) is 24.5. The number of piperazine rings is 1. The van der Waals surface area contributed by atoms with Crippen molar-refractivity contribution < 1.29 is 14.7 Å². The van der Waals surface area contributed by atoms with Crippen LogP contribution in [0.2, 0.25) is 0 Å². The second kappa shape index (κ2) is 5.71. The molecule has 1 saturated heterocycles. The quantitative estimate of drug-likeness (QED) is 0.882. The smallest absolute Gasteiger partial charge is 0.335 e. The SMILES string of the molecule is CC1C(=O)NCCN1Cc1ccc(C(=O)O)cc1Br. The first kappa shape index (κ1) is 14.0. The molecule has 1 aliphatic rings. The van der Waals surface area contributed by atoms with E-state index in [1.54, 1.807) is 18.2 Å². The topological polar surface area (TPSA) is 69.6 Å². The Morgan fingerprint density at radius 2 is 2.32 bits per heavy atom. The van der Waals surface area contributed by atoms with Gasteiger partial charge in [0.25, 0.3) is 0 Å². The number of carbonyl (C=O) groups excluding carboxylic acids is 1. The van der Waals surface area contributed by atoms with Gasteiger partial charge in [0.05, 0.1) is 11.6 Å². The Kier molecular flexibility index (Phi) is 4.21. The minimum atomic E-state index is -0.946. The molecule has 0 saturated carbocycles. The molecule has 1 aliphatic heterocycles. The largest absolute Gasteiger partial charge is 0.478 e. The van der Waals surface area contributed by atoms with Gasteiger partial charge < -0.3 is 10.4 Å². The summed E-state index contributed by atoms with van der Waals surface area (Å²) in [5.41, 5.74) is 1.23. The van der Waals surface area contributed by atoms with Crippen LogP contribution >= 0.6 is 15.9 Å². The molecule has 1 amide bonds. The molecule has 1 atom stereocenters. The average molecular weight is 327 g/mol. The normalized spacial score (nSPS) is 20.1. The Labute approximate surface area is 119 Å². The molecule has 2 N–H and O–H groups in total. The van der Waals surface area contributed by atoms with E-state index in [2.05, 4.69) is 26.1 Å². The first-order valence-corrected chi connectivity index (χ1v) is 6.82. The van der Waals surface area contributed by atoms with Crippen LogP contribution in [0.25, 0.3) is 0 Å². The lowest BCUT2D eigenvalue weighted by atomic mass is 10.1. The highest BCUT2D eigenvalue weighted by Crippen LogP contribution is 2.21. The number of rotatable bonds is 3. The molecule has 19 heavy (non-hydrogen) atoms. The summed E-state index contributed by atoms with van der Waals surface area (Å²) in [5, 5.41) is 11.7. The van der Waals surface area contributed by atoms with E-state index >= 15 is 0 Å². The molecule has 6 heteroatoms. The molecule has 2 rings (SSSR count). The Balaban J connectivity index is 2.15. The van der Waals surface area contributed by atoms with Crippen LogP contribution in [0.1, 0.15) is 22.8 Å². The summed E-state index contributed by atoms with van der Waals surface area (Å²) in [7, 11) is 0. The highest BCUT2D eigenvalue weighted by atomic mass is 79.9. The molecule has 1 aromatic carbocycles. The number of benzene rings is 1. The average Bonchev–Trinajstić information content (AvgIpc) is 2.37. The van der Waals surface area contributed by atoms with E-state index in [1.165, 1.54) is 0 Å². The van der Waals surface area contributed by atoms with Gasteiger partial charge in [0.15, 0.2) is 0 Å². The molecule has 0 bridgehead atoms. The first-order valence-electron chi connectivity index (χ1n) is 6.02. The molecule has 1 heterocycles. The molecule has 0 aromatic heterocycles. The summed E-state index contributed by atoms with van der Waals surface area (Å²) in [6.07, 6.45) is 0. The first-order chi connectivity index (χ1) is 8.99. The van der Waals surface area contributed by atoms with Crippen molar-refractivity contribution in [2.24, 2.45) is 0 Å². The Hall–Kier alpha value is -1.40. The number of hydrogen-bond acceptors (Lipinski definition) is 3. The van der Waals surface area contributed by atoms with Gasteiger partial charge >= 0.3 is 5.97 Å². The lowest BCUT2D eigenvalue weighted by Gasteiger charge is -2.32. The van der Waals surface area contributed by atoms with Gasteiger partial charge in [-0.2, -0.15) is 0 Å². The van der Waals surface area contributed by atoms with Gasteiger partial charge in [-0.1, -0.05) is 22.0 Å². The summed E-state index contributed by atoms with van der Waals surface area (Å²) < 4.78 is 0.755. The summed E-state index contributed by atoms with van der Waals surface area (Å²) >= 11 is 3.39. The predicted molar refractivity (Wildman–Crippen MR) is 74.0 cm³/mol. The molecule has 0 spiro atoms. The zero-order chi connectivity index (χ0) is 14.0. The summed E-state index contributed by atoms with van der Waals surface area (Å²) in [6, 6.07) is 4.79. The fourth-order valence-corrected chi connectivity index (χ4v) is 2.58. The van der Waals surface area contributed by atoms with Crippen LogP contribution in [0.3, 0.4) is 0 Å². The molecular weight excluding hydrogens is 312 g/mol. The highest BCUT2D eigenvalue weighted by Gasteiger charge is 2.25. The number of amides is 1. The Bertz CT molecular complexity index is 519. The monoisotopic (exact) mass is 326 g/mol. The van der Waals surface area contributed by atoms with Gasteiger partial charge in [0, 0.05) is 24.1 Å². The van der Waals surface area contributed by atoms with Gasteiger partial charge in [0.1, 0.15) is 0 Å². The molecule has 0 radical (unpaired) electrons. The number of nitrogens with zero attached hydrogens (tertiary/aromatic N) is 1. The summed E-state index contributed by atoms with van der Waals surface area (Å²) in [5.74, 6) is -0.914. The molecule has 1 fully saturated rings. The highest BCUT2D eigenvalue weighted by molar-refractivity contribution is 9.10. The van der Waals surface area contributed by atoms with Crippen molar-refractivity contribution in [1.82, 2.24) is 10.2 Å². The van der Waals surface area contributed by atoms with Gasteiger partial charge in [-0.3, -0.25) is 9.69 Å². The molecule has 1 aromatic rings. The lowest BCUT2D eigenvalue weighted by molar-refractivity contribution is -0.128. The third-order valence-corrected chi connectivity index (χ3v) is 4.04. The van der Waals surface area contributed by atoms with Gasteiger partial charge in [-0.15, -0.1) is 0 Å². The minimum Gasteiger partial charge on any atom is -0.478 e. The fraction of sp³-hybridized carbons (Fsp3) is 0.385. The van der Waals surface area contributed by atoms with E-state index < -0.39 is 5.97 Å². The van der Waals surface area contributed by atoms with Crippen LogP contribution in [0.4, 0.5) is 0 Å². The third kappa shape index (κ3) is 3.13. The second-order valence-corrected chi connectivity index (χ2v) is 5.40. The minimum absolute atomic E-state index is 0.0320. The fourth-order valence-electron chi connectivity index (χ4n) is 2.07. The summed E-state index contributed by atoms with van der Waals surface area (Å²) in [6.45, 7) is 3.93. The van der Waals surface area contributed by atoms with Gasteiger partial charge in [0.2, 0.25) is 5.91 Å². The van der Waals surface area contributed by atoms with Crippen LogP contribution in [-0.4, -0.2) is 41.0 Å². The number of nitrogens with one attached hydrogen (secondary N) is 1. The van der Waals surface area contributed by atoms with Crippen molar-refractivity contribution >= 4 is 27.8 Å². The van der Waals surface area contributed by atoms with E-state index in [-0.39, 0.29) is 17.5 Å². The maximum absolute atomic E-state index is 11.6. The molecule has 0 aliphatic carbocycles. The molecule has 102 valence electrons. The number of halogens is 1. The maximum Gasteiger partial charge on any atom is 0.335 e. The van der Waals surface area contributed by atoms with E-state index in [9.17, 15) is 9.59 Å². The van der Waals surface area contributed by atoms with Crippen molar-refractivity contribution in [2.75, 3.05) is 13.1 Å². The number of carbonyl (C=O) groups is 2. The standard InChI is InChI=1S/C13H15BrN2O3/c1-8-12(17)15-4-5-16(8)7-10-3-2-9(13(18)19)6-11(10)14/h2-3,6,8H,4-5,7H2,1H3,(H,15,17)(H,18,19).